The quantitative estimate of drug-likeness (QED) is 0.809. The largest absolute Gasteiger partial charge is 0.326 e. The van der Waals surface area contributed by atoms with Crippen molar-refractivity contribution in [1.82, 2.24) is 10.6 Å². The van der Waals surface area contributed by atoms with Crippen molar-refractivity contribution >= 4 is 5.91 Å². The number of amides is 1. The number of rotatable bonds is 6. The van der Waals surface area contributed by atoms with Crippen LogP contribution in [0.3, 0.4) is 0 Å². The summed E-state index contributed by atoms with van der Waals surface area (Å²) >= 11 is 0. The third-order valence-electron chi connectivity index (χ3n) is 3.10. The number of hydrogen-bond acceptors (Lipinski definition) is 2. The van der Waals surface area contributed by atoms with Crippen molar-refractivity contribution in [2.75, 3.05) is 13.6 Å². The molecule has 0 bridgehead atoms. The van der Waals surface area contributed by atoms with Crippen molar-refractivity contribution in [2.45, 2.75) is 20.3 Å². The molecule has 1 aromatic rings. The summed E-state index contributed by atoms with van der Waals surface area (Å²) in [6, 6.07) is 7.56. The number of hydrogen-bond donors (Lipinski definition) is 2. The van der Waals surface area contributed by atoms with Crippen molar-refractivity contribution in [1.29, 1.82) is 0 Å². The minimum absolute atomic E-state index is 0.0762. The average Bonchev–Trinajstić information content (AvgIpc) is 2.36. The molecule has 1 rings (SSSR count). The lowest BCUT2D eigenvalue weighted by Gasteiger charge is -2.18. The highest BCUT2D eigenvalue weighted by molar-refractivity contribution is 5.96. The van der Waals surface area contributed by atoms with Crippen molar-refractivity contribution < 1.29 is 4.79 Å². The first-order valence-corrected chi connectivity index (χ1v) is 6.30. The summed E-state index contributed by atoms with van der Waals surface area (Å²) in [6.45, 7) is 8.81. The van der Waals surface area contributed by atoms with Crippen LogP contribution >= 0.6 is 0 Å². The lowest BCUT2D eigenvalue weighted by Crippen LogP contribution is -2.31. The monoisotopic (exact) mass is 246 g/mol. The summed E-state index contributed by atoms with van der Waals surface area (Å²) in [5, 5.41) is 6.01. The minimum Gasteiger partial charge on any atom is -0.326 e. The molecule has 0 aliphatic heterocycles. The van der Waals surface area contributed by atoms with Crippen LogP contribution in [0.15, 0.2) is 36.5 Å². The van der Waals surface area contributed by atoms with E-state index in [1.54, 1.807) is 0 Å². The number of aryl methyl sites for hydroxylation is 1. The topological polar surface area (TPSA) is 41.1 Å². The Balaban J connectivity index is 2.70. The Hall–Kier alpha value is -1.61. The van der Waals surface area contributed by atoms with Gasteiger partial charge in [-0.05, 0) is 32.0 Å². The molecule has 0 aliphatic rings. The summed E-state index contributed by atoms with van der Waals surface area (Å²) in [6.07, 6.45) is 0.952. The third kappa shape index (κ3) is 3.70. The molecule has 1 atom stereocenters. The van der Waals surface area contributed by atoms with Crippen LogP contribution in [-0.2, 0) is 0 Å². The van der Waals surface area contributed by atoms with E-state index < -0.39 is 0 Å². The van der Waals surface area contributed by atoms with E-state index in [0.717, 1.165) is 24.2 Å². The van der Waals surface area contributed by atoms with Gasteiger partial charge in [-0.1, -0.05) is 31.7 Å². The maximum Gasteiger partial charge on any atom is 0.255 e. The second-order valence-electron chi connectivity index (χ2n) is 4.46. The van der Waals surface area contributed by atoms with E-state index in [-0.39, 0.29) is 11.8 Å². The van der Waals surface area contributed by atoms with Gasteiger partial charge in [0.15, 0.2) is 0 Å². The van der Waals surface area contributed by atoms with Gasteiger partial charge in [-0.2, -0.15) is 0 Å². The fourth-order valence-electron chi connectivity index (χ4n) is 1.90. The van der Waals surface area contributed by atoms with E-state index in [2.05, 4.69) is 24.1 Å². The molecule has 3 nitrogen and oxygen atoms in total. The zero-order valence-corrected chi connectivity index (χ0v) is 11.4. The van der Waals surface area contributed by atoms with Crippen molar-refractivity contribution in [2.24, 2.45) is 5.92 Å². The van der Waals surface area contributed by atoms with E-state index >= 15 is 0 Å². The number of carbonyl (C=O) groups is 1. The Morgan fingerprint density at radius 3 is 2.61 bits per heavy atom. The highest BCUT2D eigenvalue weighted by Gasteiger charge is 2.14. The highest BCUT2D eigenvalue weighted by Crippen LogP contribution is 2.12. The van der Waals surface area contributed by atoms with Gasteiger partial charge in [-0.3, -0.25) is 4.79 Å². The van der Waals surface area contributed by atoms with E-state index in [4.69, 9.17) is 0 Å². The first kappa shape index (κ1) is 14.5. The lowest BCUT2D eigenvalue weighted by atomic mass is 10.0. The summed E-state index contributed by atoms with van der Waals surface area (Å²) in [7, 11) is 1.90. The summed E-state index contributed by atoms with van der Waals surface area (Å²) in [5.41, 5.74) is 2.46. The van der Waals surface area contributed by atoms with Gasteiger partial charge in [0.05, 0.1) is 0 Å². The van der Waals surface area contributed by atoms with Crippen molar-refractivity contribution in [3.63, 3.8) is 0 Å². The fourth-order valence-corrected chi connectivity index (χ4v) is 1.90. The molecule has 2 N–H and O–H groups in total. The maximum atomic E-state index is 12.1. The predicted octanol–water partition coefficient (Wildman–Crippen LogP) is 2.48. The highest BCUT2D eigenvalue weighted by atomic mass is 16.1. The van der Waals surface area contributed by atoms with Crippen LogP contribution in [-0.4, -0.2) is 19.5 Å². The molecule has 1 aromatic carbocycles. The van der Waals surface area contributed by atoms with Gasteiger partial charge in [-0.15, -0.1) is 0 Å². The molecule has 1 unspecified atom stereocenters. The van der Waals surface area contributed by atoms with Crippen LogP contribution in [0.25, 0.3) is 0 Å². The Labute approximate surface area is 109 Å². The van der Waals surface area contributed by atoms with Crippen molar-refractivity contribution in [3.05, 3.63) is 47.7 Å². The average molecular weight is 246 g/mol. The van der Waals surface area contributed by atoms with E-state index in [1.165, 1.54) is 0 Å². The number of carbonyl (C=O) groups excluding carboxylic acids is 1. The molecule has 18 heavy (non-hydrogen) atoms. The van der Waals surface area contributed by atoms with Gasteiger partial charge in [-0.25, -0.2) is 0 Å². The van der Waals surface area contributed by atoms with Crippen LogP contribution in [0.4, 0.5) is 0 Å². The molecule has 0 fully saturated rings. The van der Waals surface area contributed by atoms with Crippen LogP contribution in [0, 0.1) is 12.8 Å². The van der Waals surface area contributed by atoms with Gasteiger partial charge < -0.3 is 10.6 Å². The summed E-state index contributed by atoms with van der Waals surface area (Å²) in [4.78, 5) is 12.1. The SMILES string of the molecule is C=C(NC(=O)c1ccccc1C)C(CC)CNC. The molecule has 1 amide bonds. The van der Waals surface area contributed by atoms with Gasteiger partial charge >= 0.3 is 0 Å². The molecule has 0 saturated heterocycles. The number of benzene rings is 1. The molecule has 3 heteroatoms. The molecule has 0 radical (unpaired) electrons. The Bertz CT molecular complexity index is 426. The molecule has 0 heterocycles. The third-order valence-corrected chi connectivity index (χ3v) is 3.10. The summed E-state index contributed by atoms with van der Waals surface area (Å²) < 4.78 is 0. The first-order chi connectivity index (χ1) is 8.60. The van der Waals surface area contributed by atoms with Gasteiger partial charge in [0.25, 0.3) is 5.91 Å². The lowest BCUT2D eigenvalue weighted by molar-refractivity contribution is 0.0961. The summed E-state index contributed by atoms with van der Waals surface area (Å²) in [5.74, 6) is 0.190. The van der Waals surface area contributed by atoms with Gasteiger partial charge in [0, 0.05) is 23.7 Å². The van der Waals surface area contributed by atoms with Crippen LogP contribution in [0.5, 0.6) is 0 Å². The van der Waals surface area contributed by atoms with Crippen LogP contribution in [0.1, 0.15) is 29.3 Å². The van der Waals surface area contributed by atoms with Crippen LogP contribution in [0.2, 0.25) is 0 Å². The predicted molar refractivity (Wildman–Crippen MR) is 75.5 cm³/mol. The molecular weight excluding hydrogens is 224 g/mol. The molecule has 0 spiro atoms. The standard InChI is InChI=1S/C15H22N2O/c1-5-13(10-16-4)12(3)17-15(18)14-9-7-6-8-11(14)2/h6-9,13,16H,3,5,10H2,1-2,4H3,(H,17,18). The second-order valence-corrected chi connectivity index (χ2v) is 4.46. The van der Waals surface area contributed by atoms with Crippen molar-refractivity contribution in [3.8, 4) is 0 Å². The van der Waals surface area contributed by atoms with Gasteiger partial charge in [0.1, 0.15) is 0 Å². The minimum atomic E-state index is -0.0762. The maximum absolute atomic E-state index is 12.1. The van der Waals surface area contributed by atoms with Crippen LogP contribution < -0.4 is 10.6 Å². The second kappa shape index (κ2) is 6.97. The zero-order chi connectivity index (χ0) is 13.5. The zero-order valence-electron chi connectivity index (χ0n) is 11.4. The molecule has 0 aliphatic carbocycles. The van der Waals surface area contributed by atoms with Gasteiger partial charge in [0.2, 0.25) is 0 Å². The van der Waals surface area contributed by atoms with E-state index in [1.807, 2.05) is 38.2 Å². The normalized spacial score (nSPS) is 11.9. The molecule has 0 aromatic heterocycles. The Morgan fingerprint density at radius 2 is 2.06 bits per heavy atom. The first-order valence-electron chi connectivity index (χ1n) is 6.30. The fraction of sp³-hybridized carbons (Fsp3) is 0.400. The smallest absolute Gasteiger partial charge is 0.255 e. The molecule has 0 saturated carbocycles. The van der Waals surface area contributed by atoms with E-state index in [0.29, 0.717) is 5.56 Å². The molecular formula is C15H22N2O. The Kier molecular flexibility index (Phi) is 5.59. The van der Waals surface area contributed by atoms with E-state index in [9.17, 15) is 4.79 Å². The number of nitrogens with one attached hydrogen (secondary N) is 2. The molecule has 98 valence electrons. The Morgan fingerprint density at radius 1 is 1.39 bits per heavy atom.